The van der Waals surface area contributed by atoms with E-state index in [2.05, 4.69) is 15.3 Å². The van der Waals surface area contributed by atoms with Crippen molar-refractivity contribution >= 4 is 17.2 Å². The van der Waals surface area contributed by atoms with Crippen LogP contribution in [-0.2, 0) is 6.42 Å². The third-order valence-corrected chi connectivity index (χ3v) is 2.93. The number of aromatic nitrogens is 2. The number of thiophene rings is 1. The molecule has 2 aromatic heterocycles. The van der Waals surface area contributed by atoms with E-state index in [0.717, 1.165) is 16.9 Å². The lowest BCUT2D eigenvalue weighted by atomic mass is 10.2. The number of nitrogens with one attached hydrogen (secondary N) is 1. The van der Waals surface area contributed by atoms with E-state index in [1.165, 1.54) is 17.7 Å². The van der Waals surface area contributed by atoms with Gasteiger partial charge in [-0.3, -0.25) is 4.79 Å². The molecule has 0 saturated carbocycles. The third kappa shape index (κ3) is 2.87. The summed E-state index contributed by atoms with van der Waals surface area (Å²) >= 11 is 1.44. The van der Waals surface area contributed by atoms with Crippen molar-refractivity contribution in [3.05, 3.63) is 46.7 Å². The van der Waals surface area contributed by atoms with Gasteiger partial charge in [0.15, 0.2) is 0 Å². The van der Waals surface area contributed by atoms with Crippen LogP contribution in [0.2, 0.25) is 0 Å². The van der Waals surface area contributed by atoms with Crippen molar-refractivity contribution < 1.29 is 4.79 Å². The van der Waals surface area contributed by atoms with E-state index in [-0.39, 0.29) is 5.91 Å². The Balaban J connectivity index is 1.79. The first-order valence-corrected chi connectivity index (χ1v) is 5.80. The predicted molar refractivity (Wildman–Crippen MR) is 62.4 cm³/mol. The van der Waals surface area contributed by atoms with E-state index < -0.39 is 0 Å². The molecule has 0 radical (unpaired) electrons. The van der Waals surface area contributed by atoms with Crippen molar-refractivity contribution in [2.75, 3.05) is 6.54 Å². The van der Waals surface area contributed by atoms with Crippen molar-refractivity contribution in [3.8, 4) is 0 Å². The molecule has 0 atom stereocenters. The maximum atomic E-state index is 11.6. The quantitative estimate of drug-likeness (QED) is 0.871. The van der Waals surface area contributed by atoms with E-state index >= 15 is 0 Å². The second-order valence-electron chi connectivity index (χ2n) is 3.23. The number of rotatable bonds is 4. The Morgan fingerprint density at radius 2 is 2.19 bits per heavy atom. The molecule has 82 valence electrons. The van der Waals surface area contributed by atoms with Crippen molar-refractivity contribution in [3.63, 3.8) is 0 Å². The Bertz CT molecular complexity index is 442. The van der Waals surface area contributed by atoms with Crippen LogP contribution in [0, 0.1) is 0 Å². The van der Waals surface area contributed by atoms with Gasteiger partial charge in [-0.15, -0.1) is 11.3 Å². The lowest BCUT2D eigenvalue weighted by Crippen LogP contribution is -2.24. The summed E-state index contributed by atoms with van der Waals surface area (Å²) in [6.45, 7) is 0.601. The maximum absolute atomic E-state index is 11.6. The predicted octanol–water partition coefficient (Wildman–Crippen LogP) is 1.51. The average Bonchev–Trinajstić information content (AvgIpc) is 2.84. The molecular formula is C11H11N3OS. The van der Waals surface area contributed by atoms with E-state index in [4.69, 9.17) is 0 Å². The minimum atomic E-state index is -0.0214. The lowest BCUT2D eigenvalue weighted by molar-refractivity contribution is 0.0958. The zero-order valence-corrected chi connectivity index (χ0v) is 9.41. The smallest absolute Gasteiger partial charge is 0.261 e. The van der Waals surface area contributed by atoms with Crippen LogP contribution in [0.4, 0.5) is 0 Å². The van der Waals surface area contributed by atoms with Crippen molar-refractivity contribution in [2.45, 2.75) is 6.42 Å². The Morgan fingerprint density at radius 3 is 2.88 bits per heavy atom. The molecule has 0 aliphatic rings. The first kappa shape index (κ1) is 10.8. The van der Waals surface area contributed by atoms with Crippen LogP contribution in [0.3, 0.4) is 0 Å². The van der Waals surface area contributed by atoms with E-state index in [0.29, 0.717) is 6.54 Å². The molecule has 2 heterocycles. The van der Waals surface area contributed by atoms with Gasteiger partial charge in [-0.05, 0) is 23.4 Å². The van der Waals surface area contributed by atoms with Crippen LogP contribution in [0.15, 0.2) is 36.2 Å². The monoisotopic (exact) mass is 233 g/mol. The van der Waals surface area contributed by atoms with E-state index in [1.807, 2.05) is 17.5 Å². The van der Waals surface area contributed by atoms with Crippen LogP contribution < -0.4 is 5.32 Å². The van der Waals surface area contributed by atoms with Crippen LogP contribution in [0.1, 0.15) is 15.2 Å². The Labute approximate surface area is 97.4 Å². The summed E-state index contributed by atoms with van der Waals surface area (Å²) in [5.74, 6) is -0.0214. The van der Waals surface area contributed by atoms with Gasteiger partial charge in [0.2, 0.25) is 0 Å². The minimum Gasteiger partial charge on any atom is -0.351 e. The molecule has 2 aromatic rings. The highest BCUT2D eigenvalue weighted by atomic mass is 32.1. The summed E-state index contributed by atoms with van der Waals surface area (Å²) in [7, 11) is 0. The molecule has 5 heteroatoms. The Kier molecular flexibility index (Phi) is 3.61. The molecule has 1 N–H and O–H groups in total. The van der Waals surface area contributed by atoms with Gasteiger partial charge < -0.3 is 5.32 Å². The molecule has 1 amide bonds. The van der Waals surface area contributed by atoms with Gasteiger partial charge in [0.1, 0.15) is 6.33 Å². The molecule has 0 aliphatic carbocycles. The van der Waals surface area contributed by atoms with Gasteiger partial charge >= 0.3 is 0 Å². The molecule has 0 spiro atoms. The highest BCUT2D eigenvalue weighted by Crippen LogP contribution is 2.07. The molecule has 0 unspecified atom stereocenters. The number of nitrogens with zero attached hydrogens (tertiary/aromatic N) is 2. The standard InChI is InChI=1S/C11H11N3OS/c15-11(10-2-1-5-16-10)14-4-3-9-6-12-8-13-7-9/h1-2,5-8H,3-4H2,(H,14,15). The van der Waals surface area contributed by atoms with E-state index in [9.17, 15) is 4.79 Å². The minimum absolute atomic E-state index is 0.0214. The van der Waals surface area contributed by atoms with Crippen LogP contribution >= 0.6 is 11.3 Å². The largest absolute Gasteiger partial charge is 0.351 e. The Hall–Kier alpha value is -1.75. The summed E-state index contributed by atoms with van der Waals surface area (Å²) in [5.41, 5.74) is 1.02. The van der Waals surface area contributed by atoms with E-state index in [1.54, 1.807) is 12.4 Å². The summed E-state index contributed by atoms with van der Waals surface area (Å²) in [6, 6.07) is 3.68. The second-order valence-corrected chi connectivity index (χ2v) is 4.18. The molecule has 2 rings (SSSR count). The molecular weight excluding hydrogens is 222 g/mol. The fraction of sp³-hybridized carbons (Fsp3) is 0.182. The van der Waals surface area contributed by atoms with Crippen molar-refractivity contribution in [1.29, 1.82) is 0 Å². The zero-order chi connectivity index (χ0) is 11.2. The maximum Gasteiger partial charge on any atom is 0.261 e. The van der Waals surface area contributed by atoms with Gasteiger partial charge in [-0.2, -0.15) is 0 Å². The average molecular weight is 233 g/mol. The first-order chi connectivity index (χ1) is 7.86. The lowest BCUT2D eigenvalue weighted by Gasteiger charge is -2.02. The second kappa shape index (κ2) is 5.37. The van der Waals surface area contributed by atoms with Gasteiger partial charge in [-0.1, -0.05) is 6.07 Å². The third-order valence-electron chi connectivity index (χ3n) is 2.06. The van der Waals surface area contributed by atoms with Crippen molar-refractivity contribution in [1.82, 2.24) is 15.3 Å². The number of carbonyl (C=O) groups excluding carboxylic acids is 1. The van der Waals surface area contributed by atoms with Gasteiger partial charge in [0.25, 0.3) is 5.91 Å². The van der Waals surface area contributed by atoms with Gasteiger partial charge in [0, 0.05) is 18.9 Å². The number of hydrogen-bond acceptors (Lipinski definition) is 4. The first-order valence-electron chi connectivity index (χ1n) is 4.92. The molecule has 0 bridgehead atoms. The summed E-state index contributed by atoms with van der Waals surface area (Å²) in [5, 5.41) is 4.74. The SMILES string of the molecule is O=C(NCCc1cncnc1)c1cccs1. The molecule has 4 nitrogen and oxygen atoms in total. The fourth-order valence-corrected chi connectivity index (χ4v) is 1.91. The Morgan fingerprint density at radius 1 is 1.38 bits per heavy atom. The molecule has 0 saturated heterocycles. The summed E-state index contributed by atoms with van der Waals surface area (Å²) in [4.78, 5) is 20.1. The molecule has 0 fully saturated rings. The topological polar surface area (TPSA) is 54.9 Å². The fourth-order valence-electron chi connectivity index (χ4n) is 1.27. The van der Waals surface area contributed by atoms with Crippen molar-refractivity contribution in [2.24, 2.45) is 0 Å². The number of hydrogen-bond donors (Lipinski definition) is 1. The molecule has 0 aliphatic heterocycles. The highest BCUT2D eigenvalue weighted by Gasteiger charge is 2.04. The number of amides is 1. The highest BCUT2D eigenvalue weighted by molar-refractivity contribution is 7.12. The molecule has 16 heavy (non-hydrogen) atoms. The van der Waals surface area contributed by atoms with Crippen LogP contribution in [0.25, 0.3) is 0 Å². The van der Waals surface area contributed by atoms with Gasteiger partial charge in [-0.25, -0.2) is 9.97 Å². The zero-order valence-electron chi connectivity index (χ0n) is 8.59. The number of carbonyl (C=O) groups is 1. The normalized spacial score (nSPS) is 10.0. The van der Waals surface area contributed by atoms with Gasteiger partial charge in [0.05, 0.1) is 4.88 Å². The summed E-state index contributed by atoms with van der Waals surface area (Å²) in [6.07, 6.45) is 5.75. The van der Waals surface area contributed by atoms with Crippen LogP contribution in [-0.4, -0.2) is 22.4 Å². The van der Waals surface area contributed by atoms with Crippen LogP contribution in [0.5, 0.6) is 0 Å². The summed E-state index contributed by atoms with van der Waals surface area (Å²) < 4.78 is 0. The molecule has 0 aromatic carbocycles.